The lowest BCUT2D eigenvalue weighted by Crippen LogP contribution is -2.55. The highest BCUT2D eigenvalue weighted by molar-refractivity contribution is 7.20. The van der Waals surface area contributed by atoms with Crippen LogP contribution in [0.3, 0.4) is 0 Å². The molecule has 0 unspecified atom stereocenters. The first-order chi connectivity index (χ1) is 22.4. The maximum absolute atomic E-state index is 14.5. The lowest BCUT2D eigenvalue weighted by Gasteiger charge is -2.30. The van der Waals surface area contributed by atoms with Gasteiger partial charge in [-0.05, 0) is 60.7 Å². The first-order valence-corrected chi connectivity index (χ1v) is 16.9. The molecular weight excluding hydrogens is 600 g/mol. The van der Waals surface area contributed by atoms with Crippen LogP contribution in [0.4, 0.5) is 5.69 Å². The molecule has 2 aliphatic heterocycles. The number of amides is 2. The Morgan fingerprint density at radius 2 is 1.87 bits per heavy atom. The molecule has 1 aromatic heterocycles. The fraction of sp³-hybridized carbons (Fsp3) is 0.389. The predicted molar refractivity (Wildman–Crippen MR) is 179 cm³/mol. The molecule has 46 heavy (non-hydrogen) atoms. The summed E-state index contributed by atoms with van der Waals surface area (Å²) in [4.78, 5) is 47.8. The third-order valence-corrected chi connectivity index (χ3v) is 10.3. The van der Waals surface area contributed by atoms with Crippen LogP contribution in [-0.2, 0) is 19.1 Å². The van der Waals surface area contributed by atoms with E-state index in [1.165, 1.54) is 18.4 Å². The van der Waals surface area contributed by atoms with Gasteiger partial charge in [0.15, 0.2) is 0 Å². The molecule has 1 saturated carbocycles. The first-order valence-electron chi connectivity index (χ1n) is 16.1. The van der Waals surface area contributed by atoms with E-state index in [-0.39, 0.29) is 30.7 Å². The van der Waals surface area contributed by atoms with E-state index in [1.807, 2.05) is 54.6 Å². The number of hydrogen-bond donors (Lipinski definition) is 2. The second kappa shape index (κ2) is 12.7. The molecule has 0 spiro atoms. The van der Waals surface area contributed by atoms with Crippen molar-refractivity contribution in [1.82, 2.24) is 15.2 Å². The van der Waals surface area contributed by atoms with Crippen molar-refractivity contribution >= 4 is 55.8 Å². The lowest BCUT2D eigenvalue weighted by atomic mass is 10.0. The van der Waals surface area contributed by atoms with Gasteiger partial charge in [0.2, 0.25) is 11.8 Å². The van der Waals surface area contributed by atoms with Crippen LogP contribution in [0.1, 0.15) is 44.9 Å². The monoisotopic (exact) mass is 638 g/mol. The van der Waals surface area contributed by atoms with Crippen LogP contribution >= 0.6 is 11.3 Å². The fourth-order valence-electron chi connectivity index (χ4n) is 6.84. The molecule has 2 N–H and O–H groups in total. The van der Waals surface area contributed by atoms with Crippen molar-refractivity contribution in [3.05, 3.63) is 78.9 Å². The maximum atomic E-state index is 14.5. The van der Waals surface area contributed by atoms with E-state index in [9.17, 15) is 14.4 Å². The van der Waals surface area contributed by atoms with Crippen molar-refractivity contribution in [2.45, 2.75) is 68.7 Å². The predicted octanol–water partition coefficient (Wildman–Crippen LogP) is 5.85. The Balaban J connectivity index is 1.19. The zero-order chi connectivity index (χ0) is 31.7. The van der Waals surface area contributed by atoms with Crippen molar-refractivity contribution in [3.8, 4) is 5.19 Å². The van der Waals surface area contributed by atoms with Gasteiger partial charge in [0, 0.05) is 18.0 Å². The minimum atomic E-state index is -1.12. The molecule has 0 radical (unpaired) electrons. The molecule has 3 aliphatic rings. The average Bonchev–Trinajstić information content (AvgIpc) is 3.38. The highest BCUT2D eigenvalue weighted by Crippen LogP contribution is 2.46. The number of fused-ring (bicyclic) bond motifs is 4. The molecule has 3 aromatic carbocycles. The van der Waals surface area contributed by atoms with Crippen LogP contribution < -0.4 is 15.4 Å². The van der Waals surface area contributed by atoms with Gasteiger partial charge in [-0.1, -0.05) is 78.8 Å². The number of carbonyl (C=O) groups excluding carboxylic acids is 3. The molecule has 1 saturated heterocycles. The van der Waals surface area contributed by atoms with Crippen LogP contribution in [0.15, 0.2) is 78.9 Å². The number of esters is 1. The number of nitrogens with zero attached hydrogens (tertiary/aromatic N) is 2. The largest absolute Gasteiger partial charge is 0.467 e. The van der Waals surface area contributed by atoms with E-state index in [0.717, 1.165) is 52.4 Å². The summed E-state index contributed by atoms with van der Waals surface area (Å²) in [6.07, 6.45) is 8.73. The molecule has 2 fully saturated rings. The Hall–Kier alpha value is -4.44. The minimum absolute atomic E-state index is 0.142. The fourth-order valence-corrected chi connectivity index (χ4v) is 7.72. The van der Waals surface area contributed by atoms with Crippen LogP contribution in [0.2, 0.25) is 0 Å². The van der Waals surface area contributed by atoms with E-state index >= 15 is 0 Å². The quantitative estimate of drug-likeness (QED) is 0.209. The molecule has 4 aromatic rings. The highest BCUT2D eigenvalue weighted by Gasteiger charge is 2.62. The molecule has 10 heteroatoms. The summed E-state index contributed by atoms with van der Waals surface area (Å²) < 4.78 is 12.5. The van der Waals surface area contributed by atoms with E-state index < -0.39 is 29.7 Å². The van der Waals surface area contributed by atoms with E-state index in [2.05, 4.69) is 39.9 Å². The molecule has 1 aliphatic carbocycles. The summed E-state index contributed by atoms with van der Waals surface area (Å²) in [5.41, 5.74) is 0.578. The standard InChI is InChI=1S/C36H38N4O5S/c1-44-34(43)36-21-25(36)13-5-3-2-4-6-15-29(37-26-18-17-23-11-7-8-12-24(23)19-26)33(42)40-22-27(20-30(40)32(41)39-36)45-35-38-28-14-9-10-16-31(28)46-35/h5,7-14,16-19,25,27,29-30,37H,2-4,6,15,20-22H2,1H3,(H,39,41)/b13-5-/t25-,27+,29-,30-,36+/m0/s1. The van der Waals surface area contributed by atoms with Gasteiger partial charge in [-0.3, -0.25) is 9.59 Å². The second-order valence-corrected chi connectivity index (χ2v) is 13.5. The van der Waals surface area contributed by atoms with Crippen molar-refractivity contribution in [1.29, 1.82) is 0 Å². The zero-order valence-corrected chi connectivity index (χ0v) is 26.6. The van der Waals surface area contributed by atoms with Gasteiger partial charge in [-0.15, -0.1) is 0 Å². The first kappa shape index (κ1) is 30.2. The van der Waals surface area contributed by atoms with Crippen molar-refractivity contribution in [2.75, 3.05) is 19.0 Å². The van der Waals surface area contributed by atoms with Crippen LogP contribution in [0.25, 0.3) is 21.0 Å². The second-order valence-electron chi connectivity index (χ2n) is 12.5. The Morgan fingerprint density at radius 3 is 2.72 bits per heavy atom. The van der Waals surface area contributed by atoms with E-state index in [1.54, 1.807) is 4.90 Å². The van der Waals surface area contributed by atoms with E-state index in [0.29, 0.717) is 18.0 Å². The highest BCUT2D eigenvalue weighted by atomic mass is 32.1. The van der Waals surface area contributed by atoms with Gasteiger partial charge in [0.1, 0.15) is 23.7 Å². The molecule has 9 nitrogen and oxygen atoms in total. The molecule has 0 bridgehead atoms. The van der Waals surface area contributed by atoms with Gasteiger partial charge >= 0.3 is 5.97 Å². The lowest BCUT2D eigenvalue weighted by molar-refractivity contribution is -0.148. The average molecular weight is 639 g/mol. The van der Waals surface area contributed by atoms with Gasteiger partial charge in [-0.25, -0.2) is 9.78 Å². The van der Waals surface area contributed by atoms with Gasteiger partial charge < -0.3 is 25.0 Å². The number of benzene rings is 3. The normalized spacial score (nSPS) is 27.5. The molecule has 5 atom stereocenters. The number of methoxy groups -OCH3 is 1. The number of rotatable bonds is 5. The molecule has 3 heterocycles. The maximum Gasteiger partial charge on any atom is 0.332 e. The van der Waals surface area contributed by atoms with Crippen molar-refractivity contribution in [2.24, 2.45) is 5.92 Å². The number of carbonyl (C=O) groups is 3. The summed E-state index contributed by atoms with van der Waals surface area (Å²) in [6.45, 7) is 0.233. The van der Waals surface area contributed by atoms with Crippen LogP contribution in [0, 0.1) is 5.92 Å². The number of allylic oxidation sites excluding steroid dienone is 1. The molecule has 2 amide bonds. The number of ether oxygens (including phenoxy) is 2. The summed E-state index contributed by atoms with van der Waals surface area (Å²) in [5.74, 6) is -1.13. The Morgan fingerprint density at radius 1 is 1.04 bits per heavy atom. The summed E-state index contributed by atoms with van der Waals surface area (Å²) in [6, 6.07) is 20.7. The summed E-state index contributed by atoms with van der Waals surface area (Å²) >= 11 is 1.44. The zero-order valence-electron chi connectivity index (χ0n) is 25.8. The van der Waals surface area contributed by atoms with Crippen molar-refractivity contribution in [3.63, 3.8) is 0 Å². The SMILES string of the molecule is COC(=O)[C@@]12C[C@@H]1/C=C\CCCCC[C@H](Nc1ccc3ccccc3c1)C(=O)N1C[C@H](Oc3nc4ccccc4s3)C[C@H]1C(=O)N2. The number of aromatic nitrogens is 1. The molecule has 238 valence electrons. The van der Waals surface area contributed by atoms with Crippen molar-refractivity contribution < 1.29 is 23.9 Å². The Kier molecular flexibility index (Phi) is 8.38. The molecule has 7 rings (SSSR count). The van der Waals surface area contributed by atoms with Crippen LogP contribution in [0.5, 0.6) is 5.19 Å². The summed E-state index contributed by atoms with van der Waals surface area (Å²) in [7, 11) is 1.34. The number of anilines is 1. The Labute approximate surface area is 272 Å². The summed E-state index contributed by atoms with van der Waals surface area (Å²) in [5, 5.41) is 9.25. The molecular formula is C36H38N4O5S. The van der Waals surface area contributed by atoms with E-state index in [4.69, 9.17) is 9.47 Å². The third-order valence-electron chi connectivity index (χ3n) is 9.42. The van der Waals surface area contributed by atoms with Gasteiger partial charge in [0.25, 0.3) is 5.19 Å². The Bertz CT molecular complexity index is 1770. The van der Waals surface area contributed by atoms with Gasteiger partial charge in [-0.2, -0.15) is 0 Å². The van der Waals surface area contributed by atoms with Crippen LogP contribution in [-0.4, -0.2) is 65.0 Å². The number of para-hydroxylation sites is 1. The smallest absolute Gasteiger partial charge is 0.332 e. The number of hydrogen-bond acceptors (Lipinski definition) is 8. The number of nitrogens with one attached hydrogen (secondary N) is 2. The number of thiazole rings is 1. The minimum Gasteiger partial charge on any atom is -0.467 e. The topological polar surface area (TPSA) is 110 Å². The third kappa shape index (κ3) is 6.06. The van der Waals surface area contributed by atoms with Gasteiger partial charge in [0.05, 0.1) is 23.9 Å².